The van der Waals surface area contributed by atoms with Crippen molar-refractivity contribution in [2.24, 2.45) is 0 Å². The number of anilines is 2. The van der Waals surface area contributed by atoms with Gasteiger partial charge in [0, 0.05) is 18.1 Å². The number of hydrogen-bond donors (Lipinski definition) is 2. The molecule has 7 nitrogen and oxygen atoms in total. The lowest BCUT2D eigenvalue weighted by Crippen LogP contribution is -2.19. The van der Waals surface area contributed by atoms with E-state index in [2.05, 4.69) is 25.6 Å². The standard InChI is InChI=1S/C19H16N6O/c1-13-20-8-9-25(13)18-21-11-17(12-22-18)24-19(26)23-16-7-6-14-4-2-3-5-15(14)10-16/h2-12H,1H3,(H2,23,24,26). The zero-order chi connectivity index (χ0) is 17.9. The summed E-state index contributed by atoms with van der Waals surface area (Å²) >= 11 is 0. The Labute approximate surface area is 149 Å². The van der Waals surface area contributed by atoms with Crippen molar-refractivity contribution in [3.8, 4) is 5.95 Å². The second-order valence-corrected chi connectivity index (χ2v) is 5.76. The topological polar surface area (TPSA) is 84.7 Å². The van der Waals surface area contributed by atoms with Crippen LogP contribution in [0, 0.1) is 6.92 Å². The lowest BCUT2D eigenvalue weighted by molar-refractivity contribution is 0.262. The van der Waals surface area contributed by atoms with E-state index in [-0.39, 0.29) is 6.03 Å². The molecule has 0 saturated heterocycles. The number of amides is 2. The van der Waals surface area contributed by atoms with E-state index in [1.54, 1.807) is 29.4 Å². The number of hydrogen-bond acceptors (Lipinski definition) is 4. The van der Waals surface area contributed by atoms with Crippen molar-refractivity contribution in [2.75, 3.05) is 10.6 Å². The first-order valence-electron chi connectivity index (χ1n) is 8.08. The highest BCUT2D eigenvalue weighted by molar-refractivity contribution is 6.01. The van der Waals surface area contributed by atoms with Crippen LogP contribution in [0.2, 0.25) is 0 Å². The molecule has 128 valence electrons. The fraction of sp³-hybridized carbons (Fsp3) is 0.0526. The van der Waals surface area contributed by atoms with E-state index >= 15 is 0 Å². The number of aromatic nitrogens is 4. The van der Waals surface area contributed by atoms with Crippen LogP contribution in [0.25, 0.3) is 16.7 Å². The van der Waals surface area contributed by atoms with E-state index in [1.165, 1.54) is 0 Å². The summed E-state index contributed by atoms with van der Waals surface area (Å²) in [7, 11) is 0. The summed E-state index contributed by atoms with van der Waals surface area (Å²) in [6, 6.07) is 13.4. The first kappa shape index (κ1) is 15.8. The quantitative estimate of drug-likeness (QED) is 0.592. The number of rotatable bonds is 3. The maximum Gasteiger partial charge on any atom is 0.323 e. The normalized spacial score (nSPS) is 10.7. The summed E-state index contributed by atoms with van der Waals surface area (Å²) in [5.74, 6) is 1.29. The molecule has 0 spiro atoms. The zero-order valence-corrected chi connectivity index (χ0v) is 14.0. The van der Waals surface area contributed by atoms with Crippen molar-refractivity contribution in [3.63, 3.8) is 0 Å². The molecule has 0 atom stereocenters. The van der Waals surface area contributed by atoms with Crippen LogP contribution in [0.5, 0.6) is 0 Å². The van der Waals surface area contributed by atoms with Gasteiger partial charge in [0.1, 0.15) is 5.82 Å². The minimum Gasteiger partial charge on any atom is -0.308 e. The van der Waals surface area contributed by atoms with Crippen molar-refractivity contribution in [1.29, 1.82) is 0 Å². The molecule has 0 saturated carbocycles. The van der Waals surface area contributed by atoms with Gasteiger partial charge in [-0.3, -0.25) is 4.57 Å². The monoisotopic (exact) mass is 344 g/mol. The molecule has 2 aromatic carbocycles. The average Bonchev–Trinajstić information content (AvgIpc) is 3.08. The third-order valence-corrected chi connectivity index (χ3v) is 3.94. The molecule has 2 heterocycles. The fourth-order valence-electron chi connectivity index (χ4n) is 2.66. The van der Waals surface area contributed by atoms with Gasteiger partial charge in [0.15, 0.2) is 0 Å². The maximum absolute atomic E-state index is 12.2. The minimum atomic E-state index is -0.351. The molecule has 26 heavy (non-hydrogen) atoms. The van der Waals surface area contributed by atoms with Crippen molar-refractivity contribution in [3.05, 3.63) is 73.1 Å². The molecule has 0 fully saturated rings. The highest BCUT2D eigenvalue weighted by Gasteiger charge is 2.06. The van der Waals surface area contributed by atoms with Crippen LogP contribution in [0.3, 0.4) is 0 Å². The van der Waals surface area contributed by atoms with E-state index in [4.69, 9.17) is 0 Å². The van der Waals surface area contributed by atoms with Gasteiger partial charge in [0.2, 0.25) is 5.95 Å². The number of benzene rings is 2. The maximum atomic E-state index is 12.2. The molecule has 4 aromatic rings. The van der Waals surface area contributed by atoms with Gasteiger partial charge < -0.3 is 10.6 Å². The molecule has 2 amide bonds. The van der Waals surface area contributed by atoms with Crippen molar-refractivity contribution >= 4 is 28.2 Å². The Morgan fingerprint density at radius 2 is 1.65 bits per heavy atom. The van der Waals surface area contributed by atoms with Crippen LogP contribution >= 0.6 is 0 Å². The number of aryl methyl sites for hydroxylation is 1. The molecule has 2 N–H and O–H groups in total. The van der Waals surface area contributed by atoms with Gasteiger partial charge in [-0.05, 0) is 29.8 Å². The van der Waals surface area contributed by atoms with E-state index < -0.39 is 0 Å². The number of nitrogens with zero attached hydrogens (tertiary/aromatic N) is 4. The Morgan fingerprint density at radius 1 is 0.923 bits per heavy atom. The van der Waals surface area contributed by atoms with Crippen molar-refractivity contribution < 1.29 is 4.79 Å². The molecule has 0 aliphatic heterocycles. The first-order valence-corrected chi connectivity index (χ1v) is 8.08. The number of carbonyl (C=O) groups excluding carboxylic acids is 1. The summed E-state index contributed by atoms with van der Waals surface area (Å²) in [6.07, 6.45) is 6.58. The lowest BCUT2D eigenvalue weighted by atomic mass is 10.1. The summed E-state index contributed by atoms with van der Waals surface area (Å²) in [5, 5.41) is 7.72. The summed E-state index contributed by atoms with van der Waals surface area (Å²) in [4.78, 5) is 24.8. The van der Waals surface area contributed by atoms with E-state index in [0.29, 0.717) is 17.3 Å². The molecule has 4 rings (SSSR count). The van der Waals surface area contributed by atoms with E-state index in [9.17, 15) is 4.79 Å². The van der Waals surface area contributed by atoms with Crippen LogP contribution in [0.4, 0.5) is 16.2 Å². The van der Waals surface area contributed by atoms with Crippen LogP contribution in [0.15, 0.2) is 67.3 Å². The van der Waals surface area contributed by atoms with E-state index in [0.717, 1.165) is 16.6 Å². The van der Waals surface area contributed by atoms with Gasteiger partial charge in [-0.2, -0.15) is 0 Å². The molecule has 0 aliphatic carbocycles. The molecule has 0 bridgehead atoms. The smallest absolute Gasteiger partial charge is 0.308 e. The number of imidazole rings is 1. The van der Waals surface area contributed by atoms with Crippen molar-refractivity contribution in [1.82, 2.24) is 19.5 Å². The predicted octanol–water partition coefficient (Wildman–Crippen LogP) is 3.77. The molecule has 0 aliphatic rings. The van der Waals surface area contributed by atoms with Gasteiger partial charge in [-0.1, -0.05) is 30.3 Å². The van der Waals surface area contributed by atoms with Crippen LogP contribution in [-0.2, 0) is 0 Å². The van der Waals surface area contributed by atoms with Crippen LogP contribution in [-0.4, -0.2) is 25.6 Å². The second-order valence-electron chi connectivity index (χ2n) is 5.76. The van der Waals surface area contributed by atoms with Gasteiger partial charge >= 0.3 is 6.03 Å². The number of carbonyl (C=O) groups is 1. The van der Waals surface area contributed by atoms with Gasteiger partial charge in [0.05, 0.1) is 18.1 Å². The third kappa shape index (κ3) is 3.23. The lowest BCUT2D eigenvalue weighted by Gasteiger charge is -2.09. The molecule has 7 heteroatoms. The fourth-order valence-corrected chi connectivity index (χ4v) is 2.66. The molecular weight excluding hydrogens is 328 g/mol. The Morgan fingerprint density at radius 3 is 2.38 bits per heavy atom. The van der Waals surface area contributed by atoms with Crippen molar-refractivity contribution in [2.45, 2.75) is 6.92 Å². The highest BCUT2D eigenvalue weighted by atomic mass is 16.2. The predicted molar refractivity (Wildman–Crippen MR) is 100 cm³/mol. The summed E-state index contributed by atoms with van der Waals surface area (Å²) in [6.45, 7) is 1.87. The molecular formula is C19H16N6O. The molecule has 0 unspecified atom stereocenters. The Bertz CT molecular complexity index is 1070. The summed E-state index contributed by atoms with van der Waals surface area (Å²) < 4.78 is 1.76. The molecule has 0 radical (unpaired) electrons. The average molecular weight is 344 g/mol. The Hall–Kier alpha value is -3.74. The second kappa shape index (κ2) is 6.64. The van der Waals surface area contributed by atoms with Crippen LogP contribution in [0.1, 0.15) is 5.82 Å². The zero-order valence-electron chi connectivity index (χ0n) is 14.0. The summed E-state index contributed by atoms with van der Waals surface area (Å²) in [5.41, 5.74) is 1.22. The first-order chi connectivity index (χ1) is 12.7. The van der Waals surface area contributed by atoms with Gasteiger partial charge in [-0.25, -0.2) is 19.7 Å². The van der Waals surface area contributed by atoms with Gasteiger partial charge in [-0.15, -0.1) is 0 Å². The Kier molecular flexibility index (Phi) is 4.03. The molecule has 2 aromatic heterocycles. The number of nitrogens with one attached hydrogen (secondary N) is 2. The largest absolute Gasteiger partial charge is 0.323 e. The number of urea groups is 1. The minimum absolute atomic E-state index is 0.351. The van der Waals surface area contributed by atoms with Gasteiger partial charge in [0.25, 0.3) is 0 Å². The number of fused-ring (bicyclic) bond motifs is 1. The SMILES string of the molecule is Cc1nccn1-c1ncc(NC(=O)Nc2ccc3ccccc3c2)cn1. The third-order valence-electron chi connectivity index (χ3n) is 3.94. The Balaban J connectivity index is 1.45. The van der Waals surface area contributed by atoms with Crippen LogP contribution < -0.4 is 10.6 Å². The van der Waals surface area contributed by atoms with E-state index in [1.807, 2.05) is 49.4 Å². The highest BCUT2D eigenvalue weighted by Crippen LogP contribution is 2.19.